The third-order valence-corrected chi connectivity index (χ3v) is 11.0. The molecule has 0 aromatic rings. The third kappa shape index (κ3) is 11.3. The van der Waals surface area contributed by atoms with Gasteiger partial charge in [-0.2, -0.15) is 0 Å². The number of unbranched alkanes of at least 4 members (excludes halogenated alkanes) is 9. The van der Waals surface area contributed by atoms with Gasteiger partial charge in [0, 0.05) is 0 Å². The highest BCUT2D eigenvalue weighted by Gasteiger charge is 2.36. The summed E-state index contributed by atoms with van der Waals surface area (Å²) in [5.41, 5.74) is 0. The van der Waals surface area contributed by atoms with Gasteiger partial charge in [-0.25, -0.2) is 0 Å². The van der Waals surface area contributed by atoms with E-state index < -0.39 is 16.6 Å². The summed E-state index contributed by atoms with van der Waals surface area (Å²) < 4.78 is 13.0. The predicted molar refractivity (Wildman–Crippen MR) is 121 cm³/mol. The average Bonchev–Trinajstić information content (AvgIpc) is 2.55. The normalized spacial score (nSPS) is 21.7. The summed E-state index contributed by atoms with van der Waals surface area (Å²) in [5.74, 6) is 0. The zero-order chi connectivity index (χ0) is 19.5. The van der Waals surface area contributed by atoms with Gasteiger partial charge in [0.05, 0.1) is 12.2 Å². The lowest BCUT2D eigenvalue weighted by molar-refractivity contribution is 0.0381. The van der Waals surface area contributed by atoms with Crippen molar-refractivity contribution in [3.63, 3.8) is 0 Å². The molecule has 1 aliphatic rings. The number of hydrogen-bond acceptors (Lipinski definition) is 2. The molecule has 2 nitrogen and oxygen atoms in total. The highest BCUT2D eigenvalue weighted by Crippen LogP contribution is 2.30. The molecule has 0 aromatic carbocycles. The maximum Gasteiger partial charge on any atom is 0.187 e. The van der Waals surface area contributed by atoms with Gasteiger partial charge in [-0.1, -0.05) is 77.6 Å². The minimum Gasteiger partial charge on any atom is -0.412 e. The van der Waals surface area contributed by atoms with E-state index >= 15 is 0 Å². The molecular formula is C22H48O2Si2. The molecule has 0 spiro atoms. The smallest absolute Gasteiger partial charge is 0.187 e. The molecular weight excluding hydrogens is 352 g/mol. The van der Waals surface area contributed by atoms with Crippen molar-refractivity contribution in [1.29, 1.82) is 0 Å². The summed E-state index contributed by atoms with van der Waals surface area (Å²) in [6.07, 6.45) is 17.3. The summed E-state index contributed by atoms with van der Waals surface area (Å²) >= 11 is 0. The average molecular weight is 401 g/mol. The van der Waals surface area contributed by atoms with Crippen LogP contribution in [0.2, 0.25) is 38.3 Å². The Balaban J connectivity index is 2.10. The monoisotopic (exact) mass is 400 g/mol. The van der Waals surface area contributed by atoms with Gasteiger partial charge in [0.15, 0.2) is 16.6 Å². The van der Waals surface area contributed by atoms with Crippen molar-refractivity contribution in [1.82, 2.24) is 0 Å². The maximum atomic E-state index is 6.59. The Morgan fingerprint density at radius 1 is 0.962 bits per heavy atom. The van der Waals surface area contributed by atoms with Crippen molar-refractivity contribution in [3.05, 3.63) is 0 Å². The Morgan fingerprint density at radius 2 is 1.50 bits per heavy atom. The van der Waals surface area contributed by atoms with Crippen LogP contribution in [0.5, 0.6) is 0 Å². The van der Waals surface area contributed by atoms with E-state index in [2.05, 4.69) is 40.0 Å². The molecule has 0 bridgehead atoms. The zero-order valence-electron chi connectivity index (χ0n) is 18.9. The molecule has 0 amide bonds. The lowest BCUT2D eigenvalue weighted by atomic mass is 10.1. The van der Waals surface area contributed by atoms with Crippen molar-refractivity contribution < 1.29 is 8.85 Å². The van der Waals surface area contributed by atoms with Crippen LogP contribution in [0, 0.1) is 0 Å². The highest BCUT2D eigenvalue weighted by molar-refractivity contribution is 6.71. The fourth-order valence-electron chi connectivity index (χ4n) is 4.26. The SMILES string of the molecule is CCCCCCCCCCCC[Si](C)(C)OC(C)C1CCC[Si](C)(C)O1. The van der Waals surface area contributed by atoms with Crippen LogP contribution in [0.1, 0.15) is 90.9 Å². The van der Waals surface area contributed by atoms with E-state index in [0.717, 1.165) is 0 Å². The van der Waals surface area contributed by atoms with Crippen molar-refractivity contribution >= 4 is 16.6 Å². The van der Waals surface area contributed by atoms with Gasteiger partial charge in [-0.3, -0.25) is 0 Å². The first-order valence-electron chi connectivity index (χ1n) is 11.6. The van der Waals surface area contributed by atoms with Crippen LogP contribution >= 0.6 is 0 Å². The lowest BCUT2D eigenvalue weighted by Crippen LogP contribution is -2.47. The van der Waals surface area contributed by atoms with Crippen LogP contribution in [0.3, 0.4) is 0 Å². The molecule has 156 valence electrons. The molecule has 2 atom stereocenters. The van der Waals surface area contributed by atoms with Gasteiger partial charge in [0.2, 0.25) is 0 Å². The van der Waals surface area contributed by atoms with Crippen LogP contribution in [0.25, 0.3) is 0 Å². The second-order valence-corrected chi connectivity index (χ2v) is 18.3. The topological polar surface area (TPSA) is 18.5 Å². The molecule has 0 aromatic heterocycles. The number of hydrogen-bond donors (Lipinski definition) is 0. The second-order valence-electron chi connectivity index (χ2n) is 9.82. The first kappa shape index (κ1) is 24.4. The van der Waals surface area contributed by atoms with Crippen LogP contribution in [-0.4, -0.2) is 28.8 Å². The van der Waals surface area contributed by atoms with Crippen molar-refractivity contribution in [2.75, 3.05) is 0 Å². The maximum absolute atomic E-state index is 6.59. The summed E-state index contributed by atoms with van der Waals surface area (Å²) in [6, 6.07) is 2.62. The van der Waals surface area contributed by atoms with Gasteiger partial charge in [-0.15, -0.1) is 0 Å². The van der Waals surface area contributed by atoms with Crippen LogP contribution in [0.4, 0.5) is 0 Å². The van der Waals surface area contributed by atoms with Crippen LogP contribution in [-0.2, 0) is 8.85 Å². The summed E-state index contributed by atoms with van der Waals surface area (Å²) in [4.78, 5) is 0. The van der Waals surface area contributed by atoms with E-state index in [1.54, 1.807) is 0 Å². The Labute approximate surface area is 167 Å². The first-order chi connectivity index (χ1) is 12.3. The molecule has 0 N–H and O–H groups in total. The molecule has 1 saturated heterocycles. The van der Waals surface area contributed by atoms with Gasteiger partial charge < -0.3 is 8.85 Å². The van der Waals surface area contributed by atoms with Crippen LogP contribution < -0.4 is 0 Å². The summed E-state index contributed by atoms with van der Waals surface area (Å²) in [5, 5.41) is 0. The van der Waals surface area contributed by atoms with Gasteiger partial charge in [0.1, 0.15) is 0 Å². The summed E-state index contributed by atoms with van der Waals surface area (Å²) in [6.45, 7) is 14.1. The van der Waals surface area contributed by atoms with Gasteiger partial charge >= 0.3 is 0 Å². The quantitative estimate of drug-likeness (QED) is 0.218. The van der Waals surface area contributed by atoms with Crippen molar-refractivity contribution in [3.8, 4) is 0 Å². The minimum atomic E-state index is -1.55. The molecule has 1 fully saturated rings. The number of rotatable bonds is 14. The Hall–Kier alpha value is 0.354. The lowest BCUT2D eigenvalue weighted by Gasteiger charge is -2.40. The molecule has 0 aliphatic carbocycles. The molecule has 1 aliphatic heterocycles. The van der Waals surface area contributed by atoms with E-state index in [-0.39, 0.29) is 6.10 Å². The Morgan fingerprint density at radius 3 is 2.04 bits per heavy atom. The molecule has 2 unspecified atom stereocenters. The molecule has 0 radical (unpaired) electrons. The van der Waals surface area contributed by atoms with Crippen LogP contribution in [0.15, 0.2) is 0 Å². The minimum absolute atomic E-state index is 0.284. The molecule has 4 heteroatoms. The fraction of sp³-hybridized carbons (Fsp3) is 1.00. The largest absolute Gasteiger partial charge is 0.412 e. The van der Waals surface area contributed by atoms with E-state index in [4.69, 9.17) is 8.85 Å². The third-order valence-electron chi connectivity index (χ3n) is 5.90. The van der Waals surface area contributed by atoms with Crippen molar-refractivity contribution in [2.24, 2.45) is 0 Å². The van der Waals surface area contributed by atoms with E-state index in [1.165, 1.54) is 89.1 Å². The van der Waals surface area contributed by atoms with Crippen molar-refractivity contribution in [2.45, 2.75) is 141 Å². The Kier molecular flexibility index (Phi) is 12.0. The highest BCUT2D eigenvalue weighted by atomic mass is 28.4. The summed E-state index contributed by atoms with van der Waals surface area (Å²) in [7, 11) is -2.96. The predicted octanol–water partition coefficient (Wildman–Crippen LogP) is 7.90. The molecule has 1 heterocycles. The fourth-order valence-corrected chi connectivity index (χ4v) is 8.94. The standard InChI is InChI=1S/C22H48O2Si2/c1-7-8-9-10-11-12-13-14-15-16-19-25(3,4)23-21(2)22-18-17-20-26(5,6)24-22/h21-22H,7-20H2,1-6H3. The van der Waals surface area contributed by atoms with E-state index in [1.807, 2.05) is 0 Å². The Bertz CT molecular complexity index is 358. The first-order valence-corrected chi connectivity index (χ1v) is 17.8. The second kappa shape index (κ2) is 12.7. The van der Waals surface area contributed by atoms with E-state index in [0.29, 0.717) is 6.10 Å². The van der Waals surface area contributed by atoms with Gasteiger partial charge in [0.25, 0.3) is 0 Å². The molecule has 1 rings (SSSR count). The van der Waals surface area contributed by atoms with E-state index in [9.17, 15) is 0 Å². The zero-order valence-corrected chi connectivity index (χ0v) is 20.9. The molecule has 26 heavy (non-hydrogen) atoms. The van der Waals surface area contributed by atoms with Gasteiger partial charge in [-0.05, 0) is 51.6 Å². The molecule has 0 saturated carbocycles.